The Morgan fingerprint density at radius 3 is 1.88 bits per heavy atom. The van der Waals surface area contributed by atoms with Gasteiger partial charge in [0, 0.05) is 11.1 Å². The summed E-state index contributed by atoms with van der Waals surface area (Å²) in [6.07, 6.45) is 0.254. The number of benzene rings is 3. The van der Waals surface area contributed by atoms with Gasteiger partial charge < -0.3 is 4.74 Å². The number of ether oxygens (including phenoxy) is 1. The largest absolute Gasteiger partial charge is 0.497 e. The Labute approximate surface area is 153 Å². The molecule has 0 aromatic heterocycles. The van der Waals surface area contributed by atoms with E-state index in [9.17, 15) is 4.79 Å². The third-order valence-electron chi connectivity index (χ3n) is 3.91. The number of nitrogens with one attached hydrogen (secondary N) is 1. The van der Waals surface area contributed by atoms with Gasteiger partial charge in [-0.05, 0) is 17.7 Å². The summed E-state index contributed by atoms with van der Waals surface area (Å²) in [6, 6.07) is 27.0. The zero-order chi connectivity index (χ0) is 18.2. The molecule has 0 unspecified atom stereocenters. The Kier molecular flexibility index (Phi) is 5.78. The van der Waals surface area contributed by atoms with E-state index in [1.54, 1.807) is 7.11 Å². The second-order valence-electron chi connectivity index (χ2n) is 5.75. The zero-order valence-electron chi connectivity index (χ0n) is 14.6. The molecule has 0 saturated carbocycles. The van der Waals surface area contributed by atoms with Gasteiger partial charge in [-0.25, -0.2) is 5.43 Å². The van der Waals surface area contributed by atoms with Crippen LogP contribution in [0.2, 0.25) is 0 Å². The molecule has 26 heavy (non-hydrogen) atoms. The van der Waals surface area contributed by atoms with Gasteiger partial charge in [0.15, 0.2) is 0 Å². The first-order valence-corrected chi connectivity index (χ1v) is 8.36. The van der Waals surface area contributed by atoms with E-state index in [1.165, 1.54) is 0 Å². The molecule has 3 rings (SSSR count). The van der Waals surface area contributed by atoms with Gasteiger partial charge in [-0.15, -0.1) is 0 Å². The van der Waals surface area contributed by atoms with E-state index in [0.29, 0.717) is 0 Å². The fourth-order valence-electron chi connectivity index (χ4n) is 2.57. The fourth-order valence-corrected chi connectivity index (χ4v) is 2.57. The van der Waals surface area contributed by atoms with Crippen LogP contribution in [-0.2, 0) is 11.2 Å². The van der Waals surface area contributed by atoms with Gasteiger partial charge in [0.25, 0.3) is 0 Å². The van der Waals surface area contributed by atoms with Gasteiger partial charge >= 0.3 is 0 Å². The molecule has 0 bridgehead atoms. The molecule has 0 aliphatic carbocycles. The van der Waals surface area contributed by atoms with Crippen LogP contribution in [0.25, 0.3) is 0 Å². The van der Waals surface area contributed by atoms with Crippen molar-refractivity contribution in [1.29, 1.82) is 0 Å². The number of carbonyl (C=O) groups excluding carboxylic acids is 1. The number of hydrogen-bond acceptors (Lipinski definition) is 3. The molecule has 0 aliphatic rings. The molecular weight excluding hydrogens is 324 g/mol. The number of rotatable bonds is 6. The van der Waals surface area contributed by atoms with E-state index < -0.39 is 0 Å². The van der Waals surface area contributed by atoms with Gasteiger partial charge in [-0.1, -0.05) is 72.8 Å². The summed E-state index contributed by atoms with van der Waals surface area (Å²) in [5.41, 5.74) is 6.20. The summed E-state index contributed by atoms with van der Waals surface area (Å²) < 4.78 is 5.13. The molecule has 0 fully saturated rings. The van der Waals surface area contributed by atoms with Gasteiger partial charge in [0.1, 0.15) is 5.75 Å². The first-order valence-electron chi connectivity index (χ1n) is 8.36. The molecule has 0 heterocycles. The molecule has 4 heteroatoms. The predicted octanol–water partition coefficient (Wildman–Crippen LogP) is 3.81. The lowest BCUT2D eigenvalue weighted by atomic mass is 10.0. The number of methoxy groups -OCH3 is 1. The second-order valence-corrected chi connectivity index (χ2v) is 5.75. The number of carbonyl (C=O) groups is 1. The predicted molar refractivity (Wildman–Crippen MR) is 103 cm³/mol. The lowest BCUT2D eigenvalue weighted by molar-refractivity contribution is -0.120. The topological polar surface area (TPSA) is 50.7 Å². The first kappa shape index (κ1) is 17.4. The van der Waals surface area contributed by atoms with Crippen molar-refractivity contribution in [2.24, 2.45) is 5.10 Å². The Hall–Kier alpha value is -3.40. The molecule has 1 N–H and O–H groups in total. The molecule has 0 radical (unpaired) electrons. The maximum absolute atomic E-state index is 12.3. The van der Waals surface area contributed by atoms with E-state index in [4.69, 9.17) is 4.74 Å². The molecule has 1 amide bonds. The maximum Gasteiger partial charge on any atom is 0.244 e. The minimum atomic E-state index is -0.167. The summed E-state index contributed by atoms with van der Waals surface area (Å²) in [7, 11) is 1.62. The molecule has 130 valence electrons. The maximum atomic E-state index is 12.3. The second kappa shape index (κ2) is 8.62. The fraction of sp³-hybridized carbons (Fsp3) is 0.0909. The molecule has 0 atom stereocenters. The quantitative estimate of drug-likeness (QED) is 0.546. The van der Waals surface area contributed by atoms with Crippen LogP contribution in [-0.4, -0.2) is 18.7 Å². The van der Waals surface area contributed by atoms with Gasteiger partial charge in [-0.3, -0.25) is 4.79 Å². The highest BCUT2D eigenvalue weighted by molar-refractivity contribution is 6.13. The van der Waals surface area contributed by atoms with Crippen molar-refractivity contribution in [3.8, 4) is 5.75 Å². The summed E-state index contributed by atoms with van der Waals surface area (Å²) in [5.74, 6) is 0.599. The van der Waals surface area contributed by atoms with Crippen LogP contribution in [0, 0.1) is 0 Å². The monoisotopic (exact) mass is 344 g/mol. The number of hydrazone groups is 1. The van der Waals surface area contributed by atoms with Crippen molar-refractivity contribution in [3.05, 3.63) is 102 Å². The van der Waals surface area contributed by atoms with Gasteiger partial charge in [0.05, 0.1) is 19.2 Å². The van der Waals surface area contributed by atoms with Crippen LogP contribution in [0.1, 0.15) is 16.7 Å². The lowest BCUT2D eigenvalue weighted by Crippen LogP contribution is -2.22. The number of hydrogen-bond donors (Lipinski definition) is 1. The number of nitrogens with zero attached hydrogens (tertiary/aromatic N) is 1. The summed E-state index contributed by atoms with van der Waals surface area (Å²) in [5, 5.41) is 4.39. The molecular formula is C22H20N2O2. The average molecular weight is 344 g/mol. The van der Waals surface area contributed by atoms with Gasteiger partial charge in [0.2, 0.25) is 5.91 Å². The Balaban J connectivity index is 1.76. The van der Waals surface area contributed by atoms with E-state index in [-0.39, 0.29) is 12.3 Å². The van der Waals surface area contributed by atoms with Crippen LogP contribution in [0.3, 0.4) is 0 Å². The highest BCUT2D eigenvalue weighted by Gasteiger charge is 2.08. The molecule has 3 aromatic carbocycles. The van der Waals surface area contributed by atoms with Crippen LogP contribution in [0.5, 0.6) is 5.75 Å². The SMILES string of the molecule is COc1ccc(CC(=O)NN=C(c2ccccc2)c2ccccc2)cc1. The van der Waals surface area contributed by atoms with Crippen LogP contribution in [0.4, 0.5) is 0 Å². The normalized spacial score (nSPS) is 10.0. The minimum Gasteiger partial charge on any atom is -0.497 e. The Bertz CT molecular complexity index is 832. The summed E-state index contributed by atoms with van der Waals surface area (Å²) in [6.45, 7) is 0. The highest BCUT2D eigenvalue weighted by atomic mass is 16.5. The van der Waals surface area contributed by atoms with E-state index in [2.05, 4.69) is 10.5 Å². The average Bonchev–Trinajstić information content (AvgIpc) is 2.70. The van der Waals surface area contributed by atoms with Crippen molar-refractivity contribution < 1.29 is 9.53 Å². The van der Waals surface area contributed by atoms with Crippen LogP contribution < -0.4 is 10.2 Å². The van der Waals surface area contributed by atoms with Crippen molar-refractivity contribution in [2.45, 2.75) is 6.42 Å². The molecule has 0 saturated heterocycles. The molecule has 4 nitrogen and oxygen atoms in total. The molecule has 0 spiro atoms. The summed E-state index contributed by atoms with van der Waals surface area (Å²) in [4.78, 5) is 12.3. The smallest absolute Gasteiger partial charge is 0.244 e. The third kappa shape index (κ3) is 4.57. The van der Waals surface area contributed by atoms with Crippen LogP contribution >= 0.6 is 0 Å². The Morgan fingerprint density at radius 2 is 1.38 bits per heavy atom. The highest BCUT2D eigenvalue weighted by Crippen LogP contribution is 2.12. The standard InChI is InChI=1S/C22H20N2O2/c1-26-20-14-12-17(13-15-20)16-21(25)23-24-22(18-8-4-2-5-9-18)19-10-6-3-7-11-19/h2-15H,16H2,1H3,(H,23,25). The van der Waals surface area contributed by atoms with Gasteiger partial charge in [-0.2, -0.15) is 5.10 Å². The van der Waals surface area contributed by atoms with Crippen molar-refractivity contribution in [3.63, 3.8) is 0 Å². The van der Waals surface area contributed by atoms with Crippen LogP contribution in [0.15, 0.2) is 90.0 Å². The zero-order valence-corrected chi connectivity index (χ0v) is 14.6. The third-order valence-corrected chi connectivity index (χ3v) is 3.91. The van der Waals surface area contributed by atoms with E-state index >= 15 is 0 Å². The minimum absolute atomic E-state index is 0.167. The Morgan fingerprint density at radius 1 is 0.846 bits per heavy atom. The molecule has 0 aliphatic heterocycles. The van der Waals surface area contributed by atoms with Crippen molar-refractivity contribution in [1.82, 2.24) is 5.43 Å². The van der Waals surface area contributed by atoms with E-state index in [1.807, 2.05) is 84.9 Å². The number of amides is 1. The van der Waals surface area contributed by atoms with Crippen molar-refractivity contribution >= 4 is 11.6 Å². The van der Waals surface area contributed by atoms with E-state index in [0.717, 1.165) is 28.2 Å². The van der Waals surface area contributed by atoms with Crippen molar-refractivity contribution in [2.75, 3.05) is 7.11 Å². The molecule has 3 aromatic rings. The summed E-state index contributed by atoms with van der Waals surface area (Å²) >= 11 is 0. The lowest BCUT2D eigenvalue weighted by Gasteiger charge is -2.08. The first-order chi connectivity index (χ1) is 12.8.